The van der Waals surface area contributed by atoms with E-state index >= 15 is 0 Å². The van der Waals surface area contributed by atoms with Crippen LogP contribution in [0.2, 0.25) is 0 Å². The number of aryl methyl sites for hydroxylation is 1. The zero-order chi connectivity index (χ0) is 19.5. The van der Waals surface area contributed by atoms with Gasteiger partial charge in [-0.2, -0.15) is 0 Å². The zero-order valence-corrected chi connectivity index (χ0v) is 16.3. The molecule has 2 aromatic rings. The van der Waals surface area contributed by atoms with Crippen molar-refractivity contribution in [3.05, 3.63) is 59.9 Å². The average molecular weight is 378 g/mol. The van der Waals surface area contributed by atoms with Gasteiger partial charge in [0.2, 0.25) is 11.8 Å². The fourth-order valence-electron chi connectivity index (χ4n) is 3.99. The largest absolute Gasteiger partial charge is 0.339 e. The minimum atomic E-state index is -0.536. The van der Waals surface area contributed by atoms with Crippen LogP contribution in [0.1, 0.15) is 17.5 Å². The van der Waals surface area contributed by atoms with Gasteiger partial charge in [-0.1, -0.05) is 23.8 Å². The lowest BCUT2D eigenvalue weighted by molar-refractivity contribution is -0.141. The second-order valence-electron chi connectivity index (χ2n) is 7.63. The molecular weight excluding hydrogens is 352 g/mol. The lowest BCUT2D eigenvalue weighted by Crippen LogP contribution is -2.51. The summed E-state index contributed by atoms with van der Waals surface area (Å²) in [5.74, 6) is -0.613. The molecule has 2 amide bonds. The number of hydrogen-bond donors (Lipinski definition) is 0. The van der Waals surface area contributed by atoms with E-state index in [2.05, 4.69) is 16.0 Å². The highest BCUT2D eigenvalue weighted by molar-refractivity contribution is 6.09. The van der Waals surface area contributed by atoms with E-state index in [1.165, 1.54) is 5.56 Å². The van der Waals surface area contributed by atoms with Crippen LogP contribution in [0.5, 0.6) is 0 Å². The Bertz CT molecular complexity index is 829. The summed E-state index contributed by atoms with van der Waals surface area (Å²) in [6.07, 6.45) is 4.26. The summed E-state index contributed by atoms with van der Waals surface area (Å²) in [7, 11) is 0. The van der Waals surface area contributed by atoms with Crippen molar-refractivity contribution in [1.29, 1.82) is 0 Å². The first-order chi connectivity index (χ1) is 13.6. The van der Waals surface area contributed by atoms with Gasteiger partial charge in [-0.25, -0.2) is 0 Å². The number of piperazine rings is 1. The van der Waals surface area contributed by atoms with Crippen LogP contribution < -0.4 is 4.90 Å². The van der Waals surface area contributed by atoms with Gasteiger partial charge in [0.25, 0.3) is 0 Å². The Kier molecular flexibility index (Phi) is 5.39. The number of anilines is 1. The van der Waals surface area contributed by atoms with Crippen LogP contribution >= 0.6 is 0 Å². The maximum absolute atomic E-state index is 13.0. The highest BCUT2D eigenvalue weighted by Crippen LogP contribution is 2.27. The molecule has 2 aliphatic rings. The Labute approximate surface area is 165 Å². The molecule has 0 N–H and O–H groups in total. The van der Waals surface area contributed by atoms with Crippen LogP contribution in [0.4, 0.5) is 5.69 Å². The van der Waals surface area contributed by atoms with E-state index in [0.29, 0.717) is 26.1 Å². The molecule has 4 rings (SSSR count). The van der Waals surface area contributed by atoms with Crippen LogP contribution in [0.25, 0.3) is 0 Å². The molecule has 0 saturated carbocycles. The van der Waals surface area contributed by atoms with Gasteiger partial charge < -0.3 is 9.80 Å². The number of pyridine rings is 1. The summed E-state index contributed by atoms with van der Waals surface area (Å²) in [6.45, 7) is 6.47. The van der Waals surface area contributed by atoms with Gasteiger partial charge in [0, 0.05) is 57.3 Å². The number of aromatic nitrogens is 1. The molecule has 2 fully saturated rings. The van der Waals surface area contributed by atoms with Crippen molar-refractivity contribution >= 4 is 17.5 Å². The molecule has 0 aliphatic carbocycles. The summed E-state index contributed by atoms with van der Waals surface area (Å²) in [4.78, 5) is 35.9. The van der Waals surface area contributed by atoms with Crippen LogP contribution in [-0.2, 0) is 16.1 Å². The van der Waals surface area contributed by atoms with Gasteiger partial charge in [0.05, 0.1) is 0 Å². The Morgan fingerprint density at radius 1 is 1.07 bits per heavy atom. The monoisotopic (exact) mass is 378 g/mol. The summed E-state index contributed by atoms with van der Waals surface area (Å²) < 4.78 is 0. The average Bonchev–Trinajstić information content (AvgIpc) is 3.11. The Morgan fingerprint density at radius 2 is 1.82 bits per heavy atom. The second-order valence-corrected chi connectivity index (χ2v) is 7.63. The van der Waals surface area contributed by atoms with E-state index in [1.54, 1.807) is 11.1 Å². The van der Waals surface area contributed by atoms with Gasteiger partial charge in [0.15, 0.2) is 0 Å². The fraction of sp³-hybridized carbons (Fsp3) is 0.409. The maximum atomic E-state index is 13.0. The SMILES string of the molecule is Cc1ccc(N2CCC(C(=O)N3CCN(Cc4cccnc4)CC3)C2=O)cc1. The predicted octanol–water partition coefficient (Wildman–Crippen LogP) is 2.09. The minimum absolute atomic E-state index is 0.0133. The first-order valence-corrected chi connectivity index (χ1v) is 9.90. The van der Waals surface area contributed by atoms with Gasteiger partial charge in [-0.15, -0.1) is 0 Å². The van der Waals surface area contributed by atoms with Crippen LogP contribution in [-0.4, -0.2) is 59.3 Å². The van der Waals surface area contributed by atoms with Crippen LogP contribution in [0.15, 0.2) is 48.8 Å². The van der Waals surface area contributed by atoms with E-state index in [1.807, 2.05) is 48.4 Å². The molecule has 2 saturated heterocycles. The van der Waals surface area contributed by atoms with E-state index in [-0.39, 0.29) is 11.8 Å². The van der Waals surface area contributed by atoms with Crippen molar-refractivity contribution in [3.8, 4) is 0 Å². The highest BCUT2D eigenvalue weighted by Gasteiger charge is 2.40. The second kappa shape index (κ2) is 8.10. The topological polar surface area (TPSA) is 56.8 Å². The number of carbonyl (C=O) groups excluding carboxylic acids is 2. The van der Waals surface area contributed by atoms with E-state index in [0.717, 1.165) is 30.9 Å². The number of rotatable bonds is 4. The lowest BCUT2D eigenvalue weighted by Gasteiger charge is -2.35. The fourth-order valence-corrected chi connectivity index (χ4v) is 3.99. The van der Waals surface area contributed by atoms with Crippen molar-refractivity contribution in [1.82, 2.24) is 14.8 Å². The molecule has 3 heterocycles. The van der Waals surface area contributed by atoms with Crippen molar-refractivity contribution in [2.24, 2.45) is 5.92 Å². The first kappa shape index (κ1) is 18.6. The molecule has 1 aromatic carbocycles. The molecule has 1 aromatic heterocycles. The van der Waals surface area contributed by atoms with E-state index < -0.39 is 5.92 Å². The molecule has 6 heteroatoms. The summed E-state index contributed by atoms with van der Waals surface area (Å²) in [5, 5.41) is 0. The molecule has 28 heavy (non-hydrogen) atoms. The maximum Gasteiger partial charge on any atom is 0.239 e. The number of carbonyl (C=O) groups is 2. The normalized spacial score (nSPS) is 20.6. The van der Waals surface area contributed by atoms with E-state index in [9.17, 15) is 9.59 Å². The van der Waals surface area contributed by atoms with Gasteiger partial charge >= 0.3 is 0 Å². The number of benzene rings is 1. The Balaban J connectivity index is 1.33. The molecule has 0 radical (unpaired) electrons. The third-order valence-corrected chi connectivity index (χ3v) is 5.66. The molecule has 1 atom stereocenters. The van der Waals surface area contributed by atoms with Crippen LogP contribution in [0, 0.1) is 12.8 Å². The van der Waals surface area contributed by atoms with Gasteiger partial charge in [-0.3, -0.25) is 19.5 Å². The zero-order valence-electron chi connectivity index (χ0n) is 16.3. The standard InChI is InChI=1S/C22H26N4O2/c1-17-4-6-19(7-5-17)26-10-8-20(22(26)28)21(27)25-13-11-24(12-14-25)16-18-3-2-9-23-15-18/h2-7,9,15,20H,8,10-14,16H2,1H3. The molecular formula is C22H26N4O2. The third-order valence-electron chi connectivity index (χ3n) is 5.66. The smallest absolute Gasteiger partial charge is 0.239 e. The molecule has 1 unspecified atom stereocenters. The quantitative estimate of drug-likeness (QED) is 0.765. The number of hydrogen-bond acceptors (Lipinski definition) is 4. The summed E-state index contributed by atoms with van der Waals surface area (Å²) in [5.41, 5.74) is 3.22. The molecule has 146 valence electrons. The minimum Gasteiger partial charge on any atom is -0.339 e. The molecule has 0 bridgehead atoms. The van der Waals surface area contributed by atoms with E-state index in [4.69, 9.17) is 0 Å². The third kappa shape index (κ3) is 3.92. The Morgan fingerprint density at radius 3 is 2.50 bits per heavy atom. The number of amides is 2. The Hall–Kier alpha value is -2.73. The summed E-state index contributed by atoms with van der Waals surface area (Å²) >= 11 is 0. The van der Waals surface area contributed by atoms with Crippen molar-refractivity contribution in [2.75, 3.05) is 37.6 Å². The summed E-state index contributed by atoms with van der Waals surface area (Å²) in [6, 6.07) is 11.9. The van der Waals surface area contributed by atoms with Crippen molar-refractivity contribution < 1.29 is 9.59 Å². The highest BCUT2D eigenvalue weighted by atomic mass is 16.2. The van der Waals surface area contributed by atoms with Crippen molar-refractivity contribution in [2.45, 2.75) is 19.9 Å². The van der Waals surface area contributed by atoms with Gasteiger partial charge in [-0.05, 0) is 37.1 Å². The number of nitrogens with zero attached hydrogens (tertiary/aromatic N) is 4. The molecule has 6 nitrogen and oxygen atoms in total. The van der Waals surface area contributed by atoms with Gasteiger partial charge in [0.1, 0.15) is 5.92 Å². The lowest BCUT2D eigenvalue weighted by atomic mass is 10.1. The molecule has 0 spiro atoms. The predicted molar refractivity (Wildman–Crippen MR) is 108 cm³/mol. The van der Waals surface area contributed by atoms with Crippen LogP contribution in [0.3, 0.4) is 0 Å². The molecule has 2 aliphatic heterocycles. The first-order valence-electron chi connectivity index (χ1n) is 9.90. The van der Waals surface area contributed by atoms with Crippen molar-refractivity contribution in [3.63, 3.8) is 0 Å².